The van der Waals surface area contributed by atoms with Crippen LogP contribution in [-0.2, 0) is 16.6 Å². The van der Waals surface area contributed by atoms with Gasteiger partial charge in [0.2, 0.25) is 10.0 Å². The van der Waals surface area contributed by atoms with Crippen molar-refractivity contribution in [3.63, 3.8) is 0 Å². The van der Waals surface area contributed by atoms with Gasteiger partial charge in [-0.15, -0.1) is 11.3 Å². The van der Waals surface area contributed by atoms with E-state index >= 15 is 0 Å². The number of rotatable bonds is 3. The Hall–Kier alpha value is -0.500. The highest BCUT2D eigenvalue weighted by Gasteiger charge is 2.46. The largest absolute Gasteiger partial charge is 0.295 e. The van der Waals surface area contributed by atoms with Crippen molar-refractivity contribution in [3.05, 3.63) is 16.6 Å². The van der Waals surface area contributed by atoms with E-state index in [2.05, 4.69) is 9.88 Å². The van der Waals surface area contributed by atoms with E-state index in [-0.39, 0.29) is 5.54 Å². The number of hydrogen-bond donors (Lipinski definition) is 0. The van der Waals surface area contributed by atoms with Gasteiger partial charge < -0.3 is 0 Å². The highest BCUT2D eigenvalue weighted by molar-refractivity contribution is 7.88. The van der Waals surface area contributed by atoms with Crippen LogP contribution in [0.2, 0.25) is 0 Å². The van der Waals surface area contributed by atoms with Crippen molar-refractivity contribution < 1.29 is 8.42 Å². The number of hydrogen-bond acceptors (Lipinski definition) is 5. The number of thiazole rings is 1. The Kier molecular flexibility index (Phi) is 4.36. The molecule has 2 saturated heterocycles. The maximum absolute atomic E-state index is 12.2. The van der Waals surface area contributed by atoms with Gasteiger partial charge in [-0.3, -0.25) is 4.90 Å². The topological polar surface area (TPSA) is 53.5 Å². The summed E-state index contributed by atoms with van der Waals surface area (Å²) in [6.45, 7) is 3.42. The Balaban J connectivity index is 1.79. The molecule has 0 saturated carbocycles. The smallest absolute Gasteiger partial charge is 0.211 e. The van der Waals surface area contributed by atoms with Gasteiger partial charge in [0.1, 0.15) is 5.01 Å². The molecule has 0 aliphatic carbocycles. The second-order valence-corrected chi connectivity index (χ2v) is 9.14. The first-order chi connectivity index (χ1) is 10.00. The Morgan fingerprint density at radius 1 is 1.29 bits per heavy atom. The second-order valence-electron chi connectivity index (χ2n) is 6.26. The lowest BCUT2D eigenvalue weighted by Gasteiger charge is -2.50. The summed E-state index contributed by atoms with van der Waals surface area (Å²) in [5.41, 5.74) is -0.179. The first-order valence-corrected chi connectivity index (χ1v) is 10.3. The first-order valence-electron chi connectivity index (χ1n) is 7.58. The van der Waals surface area contributed by atoms with Gasteiger partial charge >= 0.3 is 0 Å². The van der Waals surface area contributed by atoms with Crippen molar-refractivity contribution in [2.24, 2.45) is 0 Å². The molecule has 0 aromatic carbocycles. The molecule has 7 heteroatoms. The minimum Gasteiger partial charge on any atom is -0.295 e. The van der Waals surface area contributed by atoms with Crippen LogP contribution in [0.4, 0.5) is 0 Å². The van der Waals surface area contributed by atoms with Gasteiger partial charge in [0.05, 0.1) is 12.8 Å². The average molecular weight is 329 g/mol. The molecule has 118 valence electrons. The van der Waals surface area contributed by atoms with E-state index in [1.54, 1.807) is 15.6 Å². The van der Waals surface area contributed by atoms with Gasteiger partial charge in [0.15, 0.2) is 0 Å². The number of piperidine rings is 2. The zero-order valence-corrected chi connectivity index (χ0v) is 14.1. The van der Waals surface area contributed by atoms with Crippen LogP contribution in [0.25, 0.3) is 0 Å². The molecule has 0 unspecified atom stereocenters. The lowest BCUT2D eigenvalue weighted by molar-refractivity contribution is 0.0336. The van der Waals surface area contributed by atoms with Gasteiger partial charge in [0, 0.05) is 30.2 Å². The molecule has 3 heterocycles. The first kappa shape index (κ1) is 15.4. The molecule has 0 N–H and O–H groups in total. The highest BCUT2D eigenvalue weighted by Crippen LogP contribution is 2.38. The molecule has 1 spiro atoms. The van der Waals surface area contributed by atoms with Crippen LogP contribution in [0.1, 0.15) is 37.1 Å². The van der Waals surface area contributed by atoms with E-state index in [1.165, 1.54) is 6.26 Å². The van der Waals surface area contributed by atoms with Crippen LogP contribution in [0, 0.1) is 0 Å². The molecule has 21 heavy (non-hydrogen) atoms. The van der Waals surface area contributed by atoms with Crippen LogP contribution in [0.3, 0.4) is 0 Å². The van der Waals surface area contributed by atoms with Crippen molar-refractivity contribution in [1.29, 1.82) is 0 Å². The summed E-state index contributed by atoms with van der Waals surface area (Å²) in [5, 5.41) is 3.12. The average Bonchev–Trinajstić information content (AvgIpc) is 2.91. The maximum Gasteiger partial charge on any atom is 0.211 e. The summed E-state index contributed by atoms with van der Waals surface area (Å²) in [5.74, 6) is 0. The molecule has 3 rings (SSSR count). The van der Waals surface area contributed by atoms with Crippen molar-refractivity contribution in [3.8, 4) is 0 Å². The van der Waals surface area contributed by atoms with Gasteiger partial charge in [-0.2, -0.15) is 4.31 Å². The van der Waals surface area contributed by atoms with Crippen molar-refractivity contribution in [2.75, 3.05) is 25.9 Å². The van der Waals surface area contributed by atoms with Gasteiger partial charge in [-0.1, -0.05) is 6.42 Å². The summed E-state index contributed by atoms with van der Waals surface area (Å²) < 4.78 is 26.2. The minimum atomic E-state index is -3.13. The Morgan fingerprint density at radius 2 is 2.10 bits per heavy atom. The molecule has 0 bridgehead atoms. The van der Waals surface area contributed by atoms with Gasteiger partial charge in [-0.25, -0.2) is 13.4 Å². The minimum absolute atomic E-state index is 0.179. The fourth-order valence-electron chi connectivity index (χ4n) is 3.86. The van der Waals surface area contributed by atoms with Crippen molar-refractivity contribution >= 4 is 21.4 Å². The lowest BCUT2D eigenvalue weighted by atomic mass is 9.81. The zero-order chi connectivity index (χ0) is 14.9. The molecular formula is C14H23N3O2S2. The van der Waals surface area contributed by atoms with E-state index in [0.29, 0.717) is 6.54 Å². The monoisotopic (exact) mass is 329 g/mol. The van der Waals surface area contributed by atoms with Crippen LogP contribution < -0.4 is 0 Å². The summed E-state index contributed by atoms with van der Waals surface area (Å²) >= 11 is 1.67. The van der Waals surface area contributed by atoms with Crippen LogP contribution in [-0.4, -0.2) is 54.0 Å². The van der Waals surface area contributed by atoms with E-state index in [1.807, 2.05) is 11.6 Å². The molecule has 2 fully saturated rings. The SMILES string of the molecule is CS(=O)(=O)N1CCCC[C@@]12CCCN(Cc1nccs1)C2. The van der Waals surface area contributed by atoms with Crippen LogP contribution in [0.15, 0.2) is 11.6 Å². The van der Waals surface area contributed by atoms with Crippen molar-refractivity contribution in [2.45, 2.75) is 44.2 Å². The third-order valence-corrected chi connectivity index (χ3v) is 6.79. The third-order valence-electron chi connectivity index (χ3n) is 4.66. The third kappa shape index (κ3) is 3.31. The lowest BCUT2D eigenvalue weighted by Crippen LogP contribution is -2.61. The Labute approximate surface area is 131 Å². The summed E-state index contributed by atoms with van der Waals surface area (Å²) in [6, 6.07) is 0. The summed E-state index contributed by atoms with van der Waals surface area (Å²) in [7, 11) is -3.13. The fourth-order valence-corrected chi connectivity index (χ4v) is 5.92. The molecule has 1 aromatic rings. The zero-order valence-electron chi connectivity index (χ0n) is 12.5. The Morgan fingerprint density at radius 3 is 2.81 bits per heavy atom. The molecule has 1 aromatic heterocycles. The molecule has 2 aliphatic rings. The van der Waals surface area contributed by atoms with E-state index in [4.69, 9.17) is 0 Å². The van der Waals surface area contributed by atoms with Crippen LogP contribution in [0.5, 0.6) is 0 Å². The second kappa shape index (κ2) is 5.95. The summed E-state index contributed by atoms with van der Waals surface area (Å²) in [6.07, 6.45) is 8.38. The Bertz CT molecular complexity index is 569. The highest BCUT2D eigenvalue weighted by atomic mass is 32.2. The molecule has 2 aliphatic heterocycles. The quantitative estimate of drug-likeness (QED) is 0.850. The van der Waals surface area contributed by atoms with Crippen LogP contribution >= 0.6 is 11.3 Å². The number of nitrogens with zero attached hydrogens (tertiary/aromatic N) is 3. The normalized spacial score (nSPS) is 29.0. The fraction of sp³-hybridized carbons (Fsp3) is 0.786. The summed E-state index contributed by atoms with van der Waals surface area (Å²) in [4.78, 5) is 6.74. The molecular weight excluding hydrogens is 306 g/mol. The van der Waals surface area contributed by atoms with Crippen molar-refractivity contribution in [1.82, 2.24) is 14.2 Å². The predicted molar refractivity (Wildman–Crippen MR) is 84.8 cm³/mol. The van der Waals surface area contributed by atoms with Gasteiger partial charge in [0.25, 0.3) is 0 Å². The predicted octanol–water partition coefficient (Wildman–Crippen LogP) is 1.92. The molecule has 1 atom stereocenters. The number of sulfonamides is 1. The number of aromatic nitrogens is 1. The van der Waals surface area contributed by atoms with Gasteiger partial charge in [-0.05, 0) is 32.2 Å². The molecule has 0 amide bonds. The standard InChI is InChI=1S/C14H23N3O2S2/c1-21(18,19)17-9-3-2-5-14(17)6-4-8-16(12-14)11-13-15-7-10-20-13/h7,10H,2-6,8-9,11-12H2,1H3/t14-/m0/s1. The van der Waals surface area contributed by atoms with E-state index in [0.717, 1.165) is 56.7 Å². The molecule has 0 radical (unpaired) electrons. The maximum atomic E-state index is 12.2. The number of likely N-dealkylation sites (tertiary alicyclic amines) is 1. The van der Waals surface area contributed by atoms with E-state index < -0.39 is 10.0 Å². The molecule has 5 nitrogen and oxygen atoms in total. The van der Waals surface area contributed by atoms with E-state index in [9.17, 15) is 8.42 Å².